The molecule has 2 unspecified atom stereocenters. The lowest BCUT2D eigenvalue weighted by Gasteiger charge is -2.44. The highest BCUT2D eigenvalue weighted by Crippen LogP contribution is 2.38. The molecule has 4 nitrogen and oxygen atoms in total. The summed E-state index contributed by atoms with van der Waals surface area (Å²) in [6.07, 6.45) is 0.122. The Morgan fingerprint density at radius 1 is 1.07 bits per heavy atom. The smallest absolute Gasteiger partial charge is 0.445 e. The van der Waals surface area contributed by atoms with Gasteiger partial charge in [0.15, 0.2) is 0 Å². The molecule has 1 saturated heterocycles. The molecular weight excluding hydrogens is 395 g/mol. The van der Waals surface area contributed by atoms with Crippen LogP contribution in [-0.2, 0) is 11.3 Å². The van der Waals surface area contributed by atoms with Crippen LogP contribution in [0.5, 0.6) is 5.75 Å². The second-order valence-corrected chi connectivity index (χ2v) is 7.57. The molecule has 2 bridgehead atoms. The minimum atomic E-state index is -4.73. The van der Waals surface area contributed by atoms with Gasteiger partial charge in [-0.2, -0.15) is 0 Å². The zero-order valence-electron chi connectivity index (χ0n) is 16.3. The van der Waals surface area contributed by atoms with E-state index in [4.69, 9.17) is 4.74 Å². The van der Waals surface area contributed by atoms with Gasteiger partial charge in [-0.05, 0) is 54.5 Å². The number of ether oxygens (including phenoxy) is 2. The van der Waals surface area contributed by atoms with E-state index in [2.05, 4.69) is 4.74 Å². The van der Waals surface area contributed by atoms with Crippen molar-refractivity contribution >= 4 is 11.7 Å². The summed E-state index contributed by atoms with van der Waals surface area (Å²) < 4.78 is 47.2. The van der Waals surface area contributed by atoms with Crippen molar-refractivity contribution in [2.45, 2.75) is 50.7 Å². The normalized spacial score (nSPS) is 21.0. The Morgan fingerprint density at radius 3 is 2.60 bits per heavy atom. The molecule has 0 saturated carbocycles. The van der Waals surface area contributed by atoms with Crippen LogP contribution in [0.15, 0.2) is 60.7 Å². The molecular formula is C23H22F3NO3. The van der Waals surface area contributed by atoms with Gasteiger partial charge in [0.25, 0.3) is 0 Å². The van der Waals surface area contributed by atoms with Gasteiger partial charge in [-0.3, -0.25) is 4.90 Å². The van der Waals surface area contributed by atoms with Gasteiger partial charge in [-0.1, -0.05) is 48.5 Å². The highest BCUT2D eigenvalue weighted by molar-refractivity contribution is 5.75. The lowest BCUT2D eigenvalue weighted by atomic mass is 9.83. The lowest BCUT2D eigenvalue weighted by Crippen LogP contribution is -2.51. The topological polar surface area (TPSA) is 38.8 Å². The van der Waals surface area contributed by atoms with E-state index in [1.807, 2.05) is 36.4 Å². The molecule has 2 aromatic carbocycles. The van der Waals surface area contributed by atoms with Crippen LogP contribution in [0.4, 0.5) is 18.0 Å². The number of halogens is 3. The molecule has 1 amide bonds. The lowest BCUT2D eigenvalue weighted by molar-refractivity contribution is -0.274. The Morgan fingerprint density at radius 2 is 1.87 bits per heavy atom. The van der Waals surface area contributed by atoms with Crippen LogP contribution in [0.25, 0.3) is 5.57 Å². The molecule has 2 aliphatic heterocycles. The number of fused-ring (bicyclic) bond motifs is 2. The van der Waals surface area contributed by atoms with Crippen LogP contribution in [0.3, 0.4) is 0 Å². The fourth-order valence-corrected chi connectivity index (χ4v) is 4.22. The van der Waals surface area contributed by atoms with Crippen LogP contribution in [-0.4, -0.2) is 29.4 Å². The molecule has 30 heavy (non-hydrogen) atoms. The van der Waals surface area contributed by atoms with Gasteiger partial charge in [0.2, 0.25) is 0 Å². The Hall–Kier alpha value is -2.96. The van der Waals surface area contributed by atoms with E-state index >= 15 is 0 Å². The summed E-state index contributed by atoms with van der Waals surface area (Å²) >= 11 is 0. The van der Waals surface area contributed by atoms with E-state index in [1.165, 1.54) is 12.1 Å². The van der Waals surface area contributed by atoms with Gasteiger partial charge >= 0.3 is 12.5 Å². The predicted octanol–water partition coefficient (Wildman–Crippen LogP) is 5.93. The molecule has 0 spiro atoms. The second kappa shape index (κ2) is 8.42. The second-order valence-electron chi connectivity index (χ2n) is 7.57. The van der Waals surface area contributed by atoms with Crippen LogP contribution in [0.1, 0.15) is 36.8 Å². The molecule has 0 aliphatic carbocycles. The van der Waals surface area contributed by atoms with Crippen molar-refractivity contribution in [2.24, 2.45) is 0 Å². The molecule has 1 fully saturated rings. The van der Waals surface area contributed by atoms with Crippen LogP contribution in [0.2, 0.25) is 0 Å². The third kappa shape index (κ3) is 4.78. The summed E-state index contributed by atoms with van der Waals surface area (Å²) in [6.45, 7) is 0.211. The number of carbonyl (C=O) groups excluding carboxylic acids is 1. The van der Waals surface area contributed by atoms with Gasteiger partial charge in [-0.25, -0.2) is 4.79 Å². The van der Waals surface area contributed by atoms with Crippen molar-refractivity contribution < 1.29 is 27.4 Å². The first-order valence-electron chi connectivity index (χ1n) is 9.95. The number of piperidine rings is 1. The average Bonchev–Trinajstić information content (AvgIpc) is 2.71. The molecule has 2 heterocycles. The zero-order valence-corrected chi connectivity index (χ0v) is 16.3. The first-order valence-corrected chi connectivity index (χ1v) is 9.95. The number of hydrogen-bond donors (Lipinski definition) is 0. The van der Waals surface area contributed by atoms with E-state index in [0.717, 1.165) is 30.4 Å². The number of carbonyl (C=O) groups is 1. The first kappa shape index (κ1) is 20.3. The maximum atomic E-state index is 12.8. The summed E-state index contributed by atoms with van der Waals surface area (Å²) in [7, 11) is 0. The standard InChI is InChI=1S/C23H22F3NO3/c24-23(25,26)30-21-11-4-8-17(14-21)18-12-19-9-5-10-20(13-18)27(19)22(28)29-15-16-6-2-1-3-7-16/h1-4,6-8,11-12,14,19-20H,5,9-10,13,15H2. The van der Waals surface area contributed by atoms with Gasteiger partial charge < -0.3 is 9.47 Å². The molecule has 0 N–H and O–H groups in total. The summed E-state index contributed by atoms with van der Waals surface area (Å²) in [5, 5.41) is 0. The molecule has 2 aliphatic rings. The van der Waals surface area contributed by atoms with Crippen molar-refractivity contribution in [1.82, 2.24) is 4.90 Å². The van der Waals surface area contributed by atoms with Crippen LogP contribution >= 0.6 is 0 Å². The average molecular weight is 417 g/mol. The molecule has 2 aromatic rings. The highest BCUT2D eigenvalue weighted by Gasteiger charge is 2.38. The number of hydrogen-bond acceptors (Lipinski definition) is 3. The van der Waals surface area contributed by atoms with Crippen LogP contribution < -0.4 is 4.74 Å². The predicted molar refractivity (Wildman–Crippen MR) is 106 cm³/mol. The van der Waals surface area contributed by atoms with Crippen molar-refractivity contribution in [3.8, 4) is 5.75 Å². The van der Waals surface area contributed by atoms with Crippen LogP contribution in [0, 0.1) is 0 Å². The van der Waals surface area contributed by atoms with E-state index in [9.17, 15) is 18.0 Å². The third-order valence-electron chi connectivity index (χ3n) is 5.49. The Labute approximate surface area is 172 Å². The number of alkyl halides is 3. The minimum Gasteiger partial charge on any atom is -0.445 e. The highest BCUT2D eigenvalue weighted by atomic mass is 19.4. The van der Waals surface area contributed by atoms with E-state index in [0.29, 0.717) is 12.0 Å². The fourth-order valence-electron chi connectivity index (χ4n) is 4.22. The number of amides is 1. The van der Waals surface area contributed by atoms with Crippen molar-refractivity contribution in [3.05, 3.63) is 71.8 Å². The van der Waals surface area contributed by atoms with Gasteiger partial charge in [0.05, 0.1) is 6.04 Å². The molecule has 7 heteroatoms. The van der Waals surface area contributed by atoms with Crippen molar-refractivity contribution in [2.75, 3.05) is 0 Å². The summed E-state index contributed by atoms with van der Waals surface area (Å²) in [5.74, 6) is -0.240. The molecule has 0 aromatic heterocycles. The minimum absolute atomic E-state index is 0.0285. The zero-order chi connectivity index (χ0) is 21.1. The van der Waals surface area contributed by atoms with Gasteiger partial charge in [-0.15, -0.1) is 13.2 Å². The number of nitrogens with zero attached hydrogens (tertiary/aromatic N) is 1. The summed E-state index contributed by atoms with van der Waals surface area (Å²) in [6, 6.07) is 15.4. The fraction of sp³-hybridized carbons (Fsp3) is 0.348. The number of rotatable bonds is 4. The molecule has 4 rings (SSSR count). The maximum absolute atomic E-state index is 12.8. The molecule has 0 radical (unpaired) electrons. The Balaban J connectivity index is 1.49. The van der Waals surface area contributed by atoms with Gasteiger partial charge in [0.1, 0.15) is 12.4 Å². The van der Waals surface area contributed by atoms with Crippen molar-refractivity contribution in [1.29, 1.82) is 0 Å². The Bertz CT molecular complexity index is 927. The van der Waals surface area contributed by atoms with E-state index in [1.54, 1.807) is 17.0 Å². The first-order chi connectivity index (χ1) is 14.4. The van der Waals surface area contributed by atoms with Gasteiger partial charge in [0, 0.05) is 6.04 Å². The van der Waals surface area contributed by atoms with E-state index < -0.39 is 6.36 Å². The van der Waals surface area contributed by atoms with Crippen molar-refractivity contribution in [3.63, 3.8) is 0 Å². The SMILES string of the molecule is O=C(OCc1ccccc1)N1C2C=C(c3cccc(OC(F)(F)F)c3)CC1CCC2. The maximum Gasteiger partial charge on any atom is 0.573 e. The largest absolute Gasteiger partial charge is 0.573 e. The molecule has 2 atom stereocenters. The van der Waals surface area contributed by atoms with E-state index in [-0.39, 0.29) is 30.5 Å². The third-order valence-corrected chi connectivity index (χ3v) is 5.49. The Kier molecular flexibility index (Phi) is 5.70. The quantitative estimate of drug-likeness (QED) is 0.619. The number of benzene rings is 2. The summed E-state index contributed by atoms with van der Waals surface area (Å²) in [4.78, 5) is 14.6. The monoisotopic (exact) mass is 417 g/mol. The molecule has 158 valence electrons. The summed E-state index contributed by atoms with van der Waals surface area (Å²) in [5.41, 5.74) is 2.54.